The first-order valence-electron chi connectivity index (χ1n) is 13.1. The molecule has 0 radical (unpaired) electrons. The number of hydrogen-bond acceptors (Lipinski definition) is 7. The van der Waals surface area contributed by atoms with Crippen LogP contribution in [0.15, 0.2) is 61.3 Å². The summed E-state index contributed by atoms with van der Waals surface area (Å²) < 4.78 is 4.02. The normalized spacial score (nSPS) is 20.4. The van der Waals surface area contributed by atoms with Crippen LogP contribution in [-0.4, -0.2) is 71.9 Å². The standard InChI is InChI=1S/C28H33N7O2/c1-20(36)15-32-13-9-22(26(37)18-32)17-33-14-10-25-27(33)29-19-30-28(25)34(23-7-8-23)16-21-3-5-24(6-4-21)35-12-2-11-31-35/h2-6,10-12,14,19,22-23,26,37H,7-9,13,15-18H2,1H3. The summed E-state index contributed by atoms with van der Waals surface area (Å²) in [5, 5.41) is 16.1. The van der Waals surface area contributed by atoms with Crippen molar-refractivity contribution in [1.82, 2.24) is 29.2 Å². The predicted octanol–water partition coefficient (Wildman–Crippen LogP) is 3.06. The molecule has 1 aromatic carbocycles. The van der Waals surface area contributed by atoms with Crippen LogP contribution in [0.25, 0.3) is 16.7 Å². The van der Waals surface area contributed by atoms with Crippen LogP contribution in [0.3, 0.4) is 0 Å². The van der Waals surface area contributed by atoms with E-state index >= 15 is 0 Å². The number of carbonyl (C=O) groups is 1. The quantitative estimate of drug-likeness (QED) is 0.378. The highest BCUT2D eigenvalue weighted by atomic mass is 16.3. The number of Topliss-reactive ketones (excluding diaryl/α,β-unsaturated/α-hetero) is 1. The van der Waals surface area contributed by atoms with E-state index in [4.69, 9.17) is 4.98 Å². The van der Waals surface area contributed by atoms with Gasteiger partial charge < -0.3 is 14.6 Å². The Morgan fingerprint density at radius 1 is 1.11 bits per heavy atom. The molecule has 1 aliphatic carbocycles. The second-order valence-electron chi connectivity index (χ2n) is 10.4. The molecule has 2 fully saturated rings. The van der Waals surface area contributed by atoms with Crippen LogP contribution < -0.4 is 4.90 Å². The Labute approximate surface area is 216 Å². The van der Waals surface area contributed by atoms with Crippen molar-refractivity contribution in [2.75, 3.05) is 24.5 Å². The van der Waals surface area contributed by atoms with Gasteiger partial charge in [-0.05, 0) is 62.6 Å². The van der Waals surface area contributed by atoms with Crippen LogP contribution in [-0.2, 0) is 17.9 Å². The molecule has 1 N–H and O–H groups in total. The van der Waals surface area contributed by atoms with Gasteiger partial charge in [0.2, 0.25) is 0 Å². The summed E-state index contributed by atoms with van der Waals surface area (Å²) in [6, 6.07) is 13.1. The second kappa shape index (κ2) is 10.1. The number of aliphatic hydroxyl groups is 1. The zero-order valence-electron chi connectivity index (χ0n) is 21.1. The van der Waals surface area contributed by atoms with E-state index in [0.29, 0.717) is 25.7 Å². The molecule has 4 aromatic rings. The van der Waals surface area contributed by atoms with E-state index in [9.17, 15) is 9.90 Å². The van der Waals surface area contributed by atoms with Gasteiger partial charge in [0.05, 0.1) is 23.7 Å². The molecule has 1 aliphatic heterocycles. The summed E-state index contributed by atoms with van der Waals surface area (Å²) in [7, 11) is 0. The minimum Gasteiger partial charge on any atom is -0.391 e. The summed E-state index contributed by atoms with van der Waals surface area (Å²) in [5.41, 5.74) is 3.18. The fourth-order valence-corrected chi connectivity index (χ4v) is 5.47. The van der Waals surface area contributed by atoms with Gasteiger partial charge in [-0.15, -0.1) is 0 Å². The van der Waals surface area contributed by atoms with Gasteiger partial charge in [0.25, 0.3) is 0 Å². The van der Waals surface area contributed by atoms with Crippen molar-refractivity contribution in [3.05, 3.63) is 66.9 Å². The number of ketones is 1. The van der Waals surface area contributed by atoms with Crippen LogP contribution in [0.1, 0.15) is 31.7 Å². The molecule has 192 valence electrons. The Hall–Kier alpha value is -3.56. The smallest absolute Gasteiger partial charge is 0.145 e. The van der Waals surface area contributed by atoms with Crippen molar-refractivity contribution < 1.29 is 9.90 Å². The van der Waals surface area contributed by atoms with Crippen molar-refractivity contribution in [3.8, 4) is 5.69 Å². The number of nitrogens with zero attached hydrogens (tertiary/aromatic N) is 7. The van der Waals surface area contributed by atoms with Crippen molar-refractivity contribution in [2.45, 2.75) is 51.4 Å². The average Bonchev–Trinajstić information content (AvgIpc) is 3.41. The molecule has 2 atom stereocenters. The summed E-state index contributed by atoms with van der Waals surface area (Å²) in [6.07, 6.45) is 10.2. The summed E-state index contributed by atoms with van der Waals surface area (Å²) in [4.78, 5) is 25.3. The molecular formula is C28H33N7O2. The Morgan fingerprint density at radius 3 is 2.65 bits per heavy atom. The monoisotopic (exact) mass is 499 g/mol. The zero-order chi connectivity index (χ0) is 25.4. The lowest BCUT2D eigenvalue weighted by Crippen LogP contribution is -2.46. The van der Waals surface area contributed by atoms with E-state index in [0.717, 1.165) is 42.0 Å². The van der Waals surface area contributed by atoms with Gasteiger partial charge in [-0.25, -0.2) is 14.6 Å². The first kappa shape index (κ1) is 23.8. The molecule has 0 amide bonds. The highest BCUT2D eigenvalue weighted by Gasteiger charge is 2.32. The van der Waals surface area contributed by atoms with Crippen molar-refractivity contribution in [1.29, 1.82) is 0 Å². The van der Waals surface area contributed by atoms with Crippen LogP contribution in [0.2, 0.25) is 0 Å². The molecule has 9 heteroatoms. The fraction of sp³-hybridized carbons (Fsp3) is 0.429. The van der Waals surface area contributed by atoms with Gasteiger partial charge >= 0.3 is 0 Å². The second-order valence-corrected chi connectivity index (χ2v) is 10.4. The molecule has 0 bridgehead atoms. The van der Waals surface area contributed by atoms with Crippen LogP contribution in [0.5, 0.6) is 0 Å². The molecular weight excluding hydrogens is 466 g/mol. The Morgan fingerprint density at radius 2 is 1.95 bits per heavy atom. The van der Waals surface area contributed by atoms with Crippen molar-refractivity contribution >= 4 is 22.6 Å². The fourth-order valence-electron chi connectivity index (χ4n) is 5.47. The molecule has 2 unspecified atom stereocenters. The van der Waals surface area contributed by atoms with Gasteiger partial charge in [-0.2, -0.15) is 5.10 Å². The van der Waals surface area contributed by atoms with Crippen LogP contribution in [0, 0.1) is 5.92 Å². The number of β-amino-alcohol motifs (C(OH)–C–C–N with tert-alkyl or cyclic N) is 1. The third-order valence-electron chi connectivity index (χ3n) is 7.54. The molecule has 9 nitrogen and oxygen atoms in total. The van der Waals surface area contributed by atoms with Gasteiger partial charge in [-0.3, -0.25) is 9.69 Å². The lowest BCUT2D eigenvalue weighted by molar-refractivity contribution is -0.119. The molecule has 3 aromatic heterocycles. The molecule has 2 aliphatic rings. The molecule has 1 saturated carbocycles. The zero-order valence-corrected chi connectivity index (χ0v) is 21.1. The van der Waals surface area contributed by atoms with Crippen molar-refractivity contribution in [2.24, 2.45) is 5.92 Å². The Bertz CT molecular complexity index is 1360. The number of piperidine rings is 1. The summed E-state index contributed by atoms with van der Waals surface area (Å²) >= 11 is 0. The van der Waals surface area contributed by atoms with E-state index in [-0.39, 0.29) is 11.7 Å². The Kier molecular flexibility index (Phi) is 6.48. The number of aliphatic hydroxyl groups excluding tert-OH is 1. The van der Waals surface area contributed by atoms with Gasteiger partial charge in [0.1, 0.15) is 23.6 Å². The lowest BCUT2D eigenvalue weighted by atomic mass is 9.93. The number of anilines is 1. The molecule has 0 spiro atoms. The number of likely N-dealkylation sites (tertiary alicyclic amines) is 1. The van der Waals surface area contributed by atoms with E-state index < -0.39 is 6.10 Å². The third kappa shape index (κ3) is 5.14. The SMILES string of the molecule is CC(=O)CN1CCC(Cn2ccc3c(N(Cc4ccc(-n5cccn5)cc4)C4CC4)ncnc32)C(O)C1. The van der Waals surface area contributed by atoms with Crippen molar-refractivity contribution in [3.63, 3.8) is 0 Å². The Balaban J connectivity index is 1.20. The molecule has 37 heavy (non-hydrogen) atoms. The number of rotatable bonds is 9. The van der Waals surface area contributed by atoms with Gasteiger partial charge in [0.15, 0.2) is 0 Å². The number of benzene rings is 1. The topological polar surface area (TPSA) is 92.3 Å². The average molecular weight is 500 g/mol. The minimum atomic E-state index is -0.459. The highest BCUT2D eigenvalue weighted by Crippen LogP contribution is 2.36. The third-order valence-corrected chi connectivity index (χ3v) is 7.54. The summed E-state index contributed by atoms with van der Waals surface area (Å²) in [6.45, 7) is 4.87. The van der Waals surface area contributed by atoms with Crippen LogP contribution >= 0.6 is 0 Å². The number of carbonyl (C=O) groups excluding carboxylic acids is 1. The number of fused-ring (bicyclic) bond motifs is 1. The first-order valence-corrected chi connectivity index (χ1v) is 13.1. The minimum absolute atomic E-state index is 0.130. The van der Waals surface area contributed by atoms with E-state index in [1.54, 1.807) is 19.4 Å². The van der Waals surface area contributed by atoms with E-state index in [1.165, 1.54) is 18.4 Å². The number of aromatic nitrogens is 5. The maximum absolute atomic E-state index is 11.5. The van der Waals surface area contributed by atoms with Gasteiger partial charge in [0, 0.05) is 50.2 Å². The van der Waals surface area contributed by atoms with Crippen LogP contribution in [0.4, 0.5) is 5.82 Å². The van der Waals surface area contributed by atoms with Gasteiger partial charge in [-0.1, -0.05) is 12.1 Å². The highest BCUT2D eigenvalue weighted by molar-refractivity contribution is 5.88. The first-order chi connectivity index (χ1) is 18.0. The largest absolute Gasteiger partial charge is 0.391 e. The van der Waals surface area contributed by atoms with E-state index in [1.807, 2.05) is 21.8 Å². The molecule has 1 saturated heterocycles. The maximum Gasteiger partial charge on any atom is 0.145 e. The lowest BCUT2D eigenvalue weighted by Gasteiger charge is -2.35. The summed E-state index contributed by atoms with van der Waals surface area (Å²) in [5.74, 6) is 1.24. The predicted molar refractivity (Wildman–Crippen MR) is 142 cm³/mol. The molecule has 4 heterocycles. The maximum atomic E-state index is 11.5. The molecule has 6 rings (SSSR count). The number of hydrogen-bond donors (Lipinski definition) is 1. The van der Waals surface area contributed by atoms with E-state index in [2.05, 4.69) is 56.1 Å².